The maximum atomic E-state index is 4.03. The average molecular weight is 176 g/mol. The van der Waals surface area contributed by atoms with Gasteiger partial charge in [-0.15, -0.1) is 0 Å². The fraction of sp³-hybridized carbons (Fsp3) is 0.545. The van der Waals surface area contributed by atoms with Crippen LogP contribution < -0.4 is 4.90 Å². The topological polar surface area (TPSA) is 16.1 Å². The fourth-order valence-corrected chi connectivity index (χ4v) is 1.98. The fourth-order valence-electron chi connectivity index (χ4n) is 1.98. The Kier molecular flexibility index (Phi) is 2.48. The van der Waals surface area contributed by atoms with Crippen molar-refractivity contribution in [3.8, 4) is 0 Å². The van der Waals surface area contributed by atoms with Gasteiger partial charge in [-0.3, -0.25) is 4.98 Å². The number of aromatic nitrogens is 1. The predicted octanol–water partition coefficient (Wildman–Crippen LogP) is 2.32. The Balaban J connectivity index is 2.08. The van der Waals surface area contributed by atoms with Crippen molar-refractivity contribution in [2.75, 3.05) is 18.0 Å². The maximum Gasteiger partial charge on any atom is 0.0397 e. The molecule has 1 fully saturated rings. The van der Waals surface area contributed by atoms with Crippen molar-refractivity contribution in [2.45, 2.75) is 19.8 Å². The normalized spacial score (nSPS) is 23.2. The second-order valence-corrected chi connectivity index (χ2v) is 3.90. The lowest BCUT2D eigenvalue weighted by Crippen LogP contribution is -2.34. The van der Waals surface area contributed by atoms with Gasteiger partial charge in [0.15, 0.2) is 0 Å². The highest BCUT2D eigenvalue weighted by Gasteiger charge is 2.15. The van der Waals surface area contributed by atoms with Crippen molar-refractivity contribution in [3.05, 3.63) is 24.5 Å². The Hall–Kier alpha value is -1.05. The second kappa shape index (κ2) is 3.77. The molecule has 1 aromatic rings. The number of anilines is 1. The van der Waals surface area contributed by atoms with Gasteiger partial charge in [0.2, 0.25) is 0 Å². The Morgan fingerprint density at radius 2 is 2.15 bits per heavy atom. The summed E-state index contributed by atoms with van der Waals surface area (Å²) in [6.45, 7) is 4.73. The first-order valence-electron chi connectivity index (χ1n) is 5.01. The Bertz CT molecular complexity index is 258. The molecule has 2 heterocycles. The molecule has 1 aliphatic heterocycles. The van der Waals surface area contributed by atoms with Gasteiger partial charge in [0.1, 0.15) is 0 Å². The molecule has 0 bridgehead atoms. The van der Waals surface area contributed by atoms with Crippen LogP contribution in [-0.4, -0.2) is 18.1 Å². The minimum absolute atomic E-state index is 0.835. The molecule has 0 saturated carbocycles. The van der Waals surface area contributed by atoms with Crippen LogP contribution in [0.4, 0.5) is 5.69 Å². The van der Waals surface area contributed by atoms with E-state index in [1.807, 2.05) is 12.4 Å². The van der Waals surface area contributed by atoms with E-state index in [-0.39, 0.29) is 0 Å². The predicted molar refractivity (Wildman–Crippen MR) is 54.8 cm³/mol. The number of pyridine rings is 1. The molecule has 0 N–H and O–H groups in total. The summed E-state index contributed by atoms with van der Waals surface area (Å²) in [6, 6.07) is 4.19. The van der Waals surface area contributed by atoms with Crippen LogP contribution in [0.15, 0.2) is 24.5 Å². The lowest BCUT2D eigenvalue weighted by Gasteiger charge is -2.32. The van der Waals surface area contributed by atoms with Gasteiger partial charge in [-0.1, -0.05) is 6.92 Å². The van der Waals surface area contributed by atoms with Gasteiger partial charge in [-0.25, -0.2) is 0 Å². The Morgan fingerprint density at radius 3 is 2.85 bits per heavy atom. The zero-order valence-corrected chi connectivity index (χ0v) is 8.11. The van der Waals surface area contributed by atoms with Gasteiger partial charge in [-0.05, 0) is 30.9 Å². The number of piperidine rings is 1. The molecule has 1 saturated heterocycles. The largest absolute Gasteiger partial charge is 0.371 e. The lowest BCUT2D eigenvalue weighted by molar-refractivity contribution is 0.447. The van der Waals surface area contributed by atoms with Gasteiger partial charge in [-0.2, -0.15) is 0 Å². The summed E-state index contributed by atoms with van der Waals surface area (Å²) < 4.78 is 0. The molecule has 1 atom stereocenters. The molecule has 0 unspecified atom stereocenters. The monoisotopic (exact) mass is 176 g/mol. The molecule has 13 heavy (non-hydrogen) atoms. The molecule has 2 rings (SSSR count). The van der Waals surface area contributed by atoms with Crippen LogP contribution in [0.5, 0.6) is 0 Å². The summed E-state index contributed by atoms with van der Waals surface area (Å²) in [6.07, 6.45) is 6.44. The van der Waals surface area contributed by atoms with Crippen LogP contribution in [-0.2, 0) is 0 Å². The first-order chi connectivity index (χ1) is 6.36. The van der Waals surface area contributed by atoms with E-state index in [0.717, 1.165) is 5.92 Å². The van der Waals surface area contributed by atoms with Gasteiger partial charge in [0.25, 0.3) is 0 Å². The molecular weight excluding hydrogens is 160 g/mol. The number of hydrogen-bond donors (Lipinski definition) is 0. The van der Waals surface area contributed by atoms with E-state index in [9.17, 15) is 0 Å². The zero-order chi connectivity index (χ0) is 9.10. The Morgan fingerprint density at radius 1 is 1.38 bits per heavy atom. The van der Waals surface area contributed by atoms with Crippen LogP contribution in [0.2, 0.25) is 0 Å². The molecule has 0 aromatic carbocycles. The van der Waals surface area contributed by atoms with Crippen molar-refractivity contribution in [1.82, 2.24) is 4.98 Å². The van der Waals surface area contributed by atoms with Crippen molar-refractivity contribution in [2.24, 2.45) is 5.92 Å². The van der Waals surface area contributed by atoms with E-state index in [2.05, 4.69) is 28.9 Å². The quantitative estimate of drug-likeness (QED) is 0.652. The van der Waals surface area contributed by atoms with Crippen LogP contribution in [0.3, 0.4) is 0 Å². The third kappa shape index (κ3) is 2.00. The third-order valence-corrected chi connectivity index (χ3v) is 2.68. The first kappa shape index (κ1) is 8.54. The second-order valence-electron chi connectivity index (χ2n) is 3.90. The van der Waals surface area contributed by atoms with Gasteiger partial charge in [0, 0.05) is 31.2 Å². The molecule has 2 nitrogen and oxygen atoms in total. The van der Waals surface area contributed by atoms with Gasteiger partial charge in [0.05, 0.1) is 0 Å². The summed E-state index contributed by atoms with van der Waals surface area (Å²) in [5.41, 5.74) is 1.32. The van der Waals surface area contributed by atoms with E-state index in [4.69, 9.17) is 0 Å². The highest BCUT2D eigenvalue weighted by Crippen LogP contribution is 2.21. The van der Waals surface area contributed by atoms with Gasteiger partial charge < -0.3 is 4.90 Å². The SMILES string of the molecule is C[C@H]1CCCN(c2ccncc2)C1. The first-order valence-corrected chi connectivity index (χ1v) is 5.01. The molecule has 0 aliphatic carbocycles. The molecule has 70 valence electrons. The zero-order valence-electron chi connectivity index (χ0n) is 8.11. The summed E-state index contributed by atoms with van der Waals surface area (Å²) >= 11 is 0. The molecule has 0 radical (unpaired) electrons. The van der Waals surface area contributed by atoms with E-state index in [1.54, 1.807) is 0 Å². The van der Waals surface area contributed by atoms with Crippen LogP contribution in [0.25, 0.3) is 0 Å². The number of hydrogen-bond acceptors (Lipinski definition) is 2. The van der Waals surface area contributed by atoms with Gasteiger partial charge >= 0.3 is 0 Å². The van der Waals surface area contributed by atoms with E-state index < -0.39 is 0 Å². The van der Waals surface area contributed by atoms with Crippen molar-refractivity contribution >= 4 is 5.69 Å². The molecule has 2 heteroatoms. The highest BCUT2D eigenvalue weighted by molar-refractivity contribution is 5.44. The standard InChI is InChI=1S/C11H16N2/c1-10-3-2-8-13(9-10)11-4-6-12-7-5-11/h4-7,10H,2-3,8-9H2,1H3/t10-/m0/s1. The molecular formula is C11H16N2. The summed E-state index contributed by atoms with van der Waals surface area (Å²) in [7, 11) is 0. The minimum Gasteiger partial charge on any atom is -0.371 e. The lowest BCUT2D eigenvalue weighted by atomic mass is 10.00. The van der Waals surface area contributed by atoms with E-state index >= 15 is 0 Å². The molecule has 1 aromatic heterocycles. The smallest absolute Gasteiger partial charge is 0.0397 e. The summed E-state index contributed by atoms with van der Waals surface area (Å²) in [5, 5.41) is 0. The van der Waals surface area contributed by atoms with E-state index in [0.29, 0.717) is 0 Å². The van der Waals surface area contributed by atoms with Crippen LogP contribution in [0, 0.1) is 5.92 Å². The minimum atomic E-state index is 0.835. The molecule has 1 aliphatic rings. The third-order valence-electron chi connectivity index (χ3n) is 2.68. The Labute approximate surface area is 79.6 Å². The van der Waals surface area contributed by atoms with E-state index in [1.165, 1.54) is 31.6 Å². The van der Waals surface area contributed by atoms with Crippen molar-refractivity contribution < 1.29 is 0 Å². The average Bonchev–Trinajstić information content (AvgIpc) is 2.19. The maximum absolute atomic E-state index is 4.03. The summed E-state index contributed by atoms with van der Waals surface area (Å²) in [5.74, 6) is 0.835. The van der Waals surface area contributed by atoms with Crippen LogP contribution >= 0.6 is 0 Å². The van der Waals surface area contributed by atoms with Crippen molar-refractivity contribution in [3.63, 3.8) is 0 Å². The molecule has 0 spiro atoms. The van der Waals surface area contributed by atoms with Crippen LogP contribution in [0.1, 0.15) is 19.8 Å². The molecule has 0 amide bonds. The number of rotatable bonds is 1. The summed E-state index contributed by atoms with van der Waals surface area (Å²) in [4.78, 5) is 6.49. The highest BCUT2D eigenvalue weighted by atomic mass is 15.1. The number of nitrogens with zero attached hydrogens (tertiary/aromatic N) is 2. The van der Waals surface area contributed by atoms with Crippen molar-refractivity contribution in [1.29, 1.82) is 0 Å².